The summed E-state index contributed by atoms with van der Waals surface area (Å²) < 4.78 is 52.4. The minimum Gasteiger partial charge on any atom is -0.497 e. The van der Waals surface area contributed by atoms with Crippen LogP contribution in [-0.2, 0) is 26.2 Å². The topological polar surface area (TPSA) is 124 Å². The van der Waals surface area contributed by atoms with Crippen LogP contribution in [0.3, 0.4) is 0 Å². The molecule has 1 fully saturated rings. The van der Waals surface area contributed by atoms with Gasteiger partial charge in [0, 0.05) is 29.2 Å². The van der Waals surface area contributed by atoms with Gasteiger partial charge in [0.2, 0.25) is 11.8 Å². The van der Waals surface area contributed by atoms with E-state index in [2.05, 4.69) is 21.2 Å². The predicted molar refractivity (Wildman–Crippen MR) is 183 cm³/mol. The summed E-state index contributed by atoms with van der Waals surface area (Å²) in [4.78, 5) is 29.3. The lowest BCUT2D eigenvalue weighted by atomic mass is 9.95. The zero-order valence-corrected chi connectivity index (χ0v) is 29.7. The Morgan fingerprint density at radius 1 is 0.851 bits per heavy atom. The molecule has 0 radical (unpaired) electrons. The molecule has 0 aliphatic heterocycles. The number of carbonyl (C=O) groups excluding carboxylic acids is 2. The van der Waals surface area contributed by atoms with Crippen LogP contribution >= 0.6 is 15.9 Å². The summed E-state index contributed by atoms with van der Waals surface area (Å²) in [6.45, 7) is 1.09. The predicted octanol–water partition coefficient (Wildman–Crippen LogP) is 5.55. The van der Waals surface area contributed by atoms with Crippen molar-refractivity contribution in [2.24, 2.45) is 0 Å². The normalized spacial score (nSPS) is 14.1. The highest BCUT2D eigenvalue weighted by Crippen LogP contribution is 2.38. The Labute approximate surface area is 285 Å². The number of nitrogens with one attached hydrogen (secondary N) is 1. The average molecular weight is 733 g/mol. The van der Waals surface area contributed by atoms with Crippen molar-refractivity contribution < 1.29 is 37.0 Å². The number of halogens is 1. The minimum absolute atomic E-state index is 0.0336. The summed E-state index contributed by atoms with van der Waals surface area (Å²) in [7, 11) is 1.28. The fourth-order valence-corrected chi connectivity index (χ4v) is 7.24. The van der Waals surface area contributed by atoms with Gasteiger partial charge in [-0.15, -0.1) is 0 Å². The molecular formula is C34H42BrN3O8S. The zero-order chi connectivity index (χ0) is 34.1. The molecule has 0 spiro atoms. The maximum absolute atomic E-state index is 14.5. The Bertz CT molecular complexity index is 1650. The summed E-state index contributed by atoms with van der Waals surface area (Å²) in [6.07, 6.45) is 4.96. The fourth-order valence-electron chi connectivity index (χ4n) is 5.55. The van der Waals surface area contributed by atoms with Crippen molar-refractivity contribution in [1.82, 2.24) is 10.2 Å². The maximum atomic E-state index is 14.5. The number of hydrogen-bond acceptors (Lipinski definition) is 8. The first-order valence-corrected chi connectivity index (χ1v) is 17.6. The third kappa shape index (κ3) is 8.69. The largest absolute Gasteiger partial charge is 0.497 e. The Kier molecular flexibility index (Phi) is 12.4. The summed E-state index contributed by atoms with van der Waals surface area (Å²) in [6, 6.07) is 15.4. The lowest BCUT2D eigenvalue weighted by Gasteiger charge is -2.33. The van der Waals surface area contributed by atoms with Crippen LogP contribution in [0.25, 0.3) is 0 Å². The molecule has 1 aliphatic rings. The Balaban J connectivity index is 1.78. The second kappa shape index (κ2) is 16.2. The van der Waals surface area contributed by atoms with Crippen molar-refractivity contribution in [2.75, 3.05) is 39.3 Å². The molecule has 47 heavy (non-hydrogen) atoms. The van der Waals surface area contributed by atoms with Gasteiger partial charge in [-0.2, -0.15) is 0 Å². The minimum atomic E-state index is -4.44. The standard InChI is InChI=1S/C34H42BrN3O8S/c1-23(34(40)36-26-9-7-6-8-10-26)37(21-24-11-13-25(35)14-12-24)33(39)22-38(29-19-27(43-2)15-17-30(29)44-3)47(41,42)28-16-18-31(45-4)32(20-28)46-5/h11-20,23,26H,6-10,21-22H2,1-5H3,(H,36,40)/t23-/m0/s1. The molecule has 4 rings (SSSR count). The highest BCUT2D eigenvalue weighted by atomic mass is 79.9. The molecule has 1 saturated carbocycles. The van der Waals surface area contributed by atoms with E-state index in [1.807, 2.05) is 24.3 Å². The van der Waals surface area contributed by atoms with Gasteiger partial charge in [0.25, 0.3) is 10.0 Å². The number of amides is 2. The van der Waals surface area contributed by atoms with Crippen molar-refractivity contribution in [3.8, 4) is 23.0 Å². The molecule has 11 nitrogen and oxygen atoms in total. The number of sulfonamides is 1. The molecule has 1 aliphatic carbocycles. The summed E-state index contributed by atoms with van der Waals surface area (Å²) >= 11 is 3.44. The number of benzene rings is 3. The van der Waals surface area contributed by atoms with Crippen LogP contribution in [0.4, 0.5) is 5.69 Å². The van der Waals surface area contributed by atoms with E-state index in [-0.39, 0.29) is 40.6 Å². The van der Waals surface area contributed by atoms with E-state index in [0.29, 0.717) is 11.5 Å². The Morgan fingerprint density at radius 3 is 2.11 bits per heavy atom. The van der Waals surface area contributed by atoms with E-state index >= 15 is 0 Å². The summed E-state index contributed by atoms with van der Waals surface area (Å²) in [5.41, 5.74) is 0.852. The van der Waals surface area contributed by atoms with Gasteiger partial charge in [-0.05, 0) is 61.7 Å². The van der Waals surface area contributed by atoms with Gasteiger partial charge >= 0.3 is 0 Å². The van der Waals surface area contributed by atoms with E-state index in [1.165, 1.54) is 57.6 Å². The van der Waals surface area contributed by atoms with Gasteiger partial charge in [-0.25, -0.2) is 8.42 Å². The highest BCUT2D eigenvalue weighted by Gasteiger charge is 2.35. The molecule has 0 bridgehead atoms. The lowest BCUT2D eigenvalue weighted by Crippen LogP contribution is -2.53. The number of anilines is 1. The second-order valence-electron chi connectivity index (χ2n) is 11.2. The first-order chi connectivity index (χ1) is 22.5. The summed E-state index contributed by atoms with van der Waals surface area (Å²) in [5, 5.41) is 3.11. The van der Waals surface area contributed by atoms with Crippen LogP contribution in [0, 0.1) is 0 Å². The molecule has 254 valence electrons. The number of carbonyl (C=O) groups is 2. The third-order valence-electron chi connectivity index (χ3n) is 8.26. The van der Waals surface area contributed by atoms with E-state index < -0.39 is 28.5 Å². The van der Waals surface area contributed by atoms with Gasteiger partial charge in [0.05, 0.1) is 39.0 Å². The number of nitrogens with zero attached hydrogens (tertiary/aromatic N) is 2. The zero-order valence-electron chi connectivity index (χ0n) is 27.3. The van der Waals surface area contributed by atoms with Crippen LogP contribution in [0.15, 0.2) is 70.0 Å². The second-order valence-corrected chi connectivity index (χ2v) is 14.0. The first-order valence-electron chi connectivity index (χ1n) is 15.3. The molecule has 2 amide bonds. The van der Waals surface area contributed by atoms with E-state index in [9.17, 15) is 18.0 Å². The molecule has 1 N–H and O–H groups in total. The number of methoxy groups -OCH3 is 4. The van der Waals surface area contributed by atoms with Crippen LogP contribution in [-0.4, -0.2) is 72.2 Å². The quantitative estimate of drug-likeness (QED) is 0.229. The molecule has 0 saturated heterocycles. The molecule has 0 heterocycles. The van der Waals surface area contributed by atoms with Crippen LogP contribution < -0.4 is 28.6 Å². The third-order valence-corrected chi connectivity index (χ3v) is 10.5. The number of hydrogen-bond donors (Lipinski definition) is 1. The lowest BCUT2D eigenvalue weighted by molar-refractivity contribution is -0.139. The van der Waals surface area contributed by atoms with Crippen molar-refractivity contribution in [1.29, 1.82) is 0 Å². The van der Waals surface area contributed by atoms with Crippen molar-refractivity contribution in [3.05, 3.63) is 70.7 Å². The Hall–Kier alpha value is -3.97. The fraction of sp³-hybridized carbons (Fsp3) is 0.412. The SMILES string of the molecule is COc1ccc(OC)c(N(CC(=O)N(Cc2ccc(Br)cc2)[C@@H](C)C(=O)NC2CCCCC2)S(=O)(=O)c2ccc(OC)c(OC)c2)c1. The monoisotopic (exact) mass is 731 g/mol. The first kappa shape index (κ1) is 35.9. The van der Waals surface area contributed by atoms with Gasteiger partial charge < -0.3 is 29.2 Å². The van der Waals surface area contributed by atoms with Gasteiger partial charge in [0.1, 0.15) is 24.1 Å². The van der Waals surface area contributed by atoms with Crippen molar-refractivity contribution in [2.45, 2.75) is 62.6 Å². The number of ether oxygens (including phenoxy) is 4. The highest BCUT2D eigenvalue weighted by molar-refractivity contribution is 9.10. The van der Waals surface area contributed by atoms with Gasteiger partial charge in [0.15, 0.2) is 11.5 Å². The Morgan fingerprint density at radius 2 is 1.49 bits per heavy atom. The molecular weight excluding hydrogens is 690 g/mol. The van der Waals surface area contributed by atoms with Gasteiger partial charge in [-0.3, -0.25) is 13.9 Å². The number of rotatable bonds is 14. The van der Waals surface area contributed by atoms with E-state index in [4.69, 9.17) is 18.9 Å². The van der Waals surface area contributed by atoms with E-state index in [0.717, 1.165) is 46.4 Å². The average Bonchev–Trinajstić information content (AvgIpc) is 3.09. The van der Waals surface area contributed by atoms with E-state index in [1.54, 1.807) is 19.1 Å². The van der Waals surface area contributed by atoms with Crippen LogP contribution in [0.2, 0.25) is 0 Å². The van der Waals surface area contributed by atoms with Crippen molar-refractivity contribution in [3.63, 3.8) is 0 Å². The van der Waals surface area contributed by atoms with Crippen LogP contribution in [0.1, 0.15) is 44.6 Å². The molecule has 0 unspecified atom stereocenters. The molecule has 3 aromatic rings. The molecule has 0 aromatic heterocycles. The maximum Gasteiger partial charge on any atom is 0.265 e. The summed E-state index contributed by atoms with van der Waals surface area (Å²) in [5.74, 6) is 0.204. The smallest absolute Gasteiger partial charge is 0.265 e. The molecule has 13 heteroatoms. The molecule has 3 aromatic carbocycles. The molecule has 1 atom stereocenters. The van der Waals surface area contributed by atoms with Crippen LogP contribution in [0.5, 0.6) is 23.0 Å². The van der Waals surface area contributed by atoms with Crippen molar-refractivity contribution >= 4 is 43.5 Å². The van der Waals surface area contributed by atoms with Gasteiger partial charge in [-0.1, -0.05) is 47.3 Å².